The van der Waals surface area contributed by atoms with Gasteiger partial charge in [0.1, 0.15) is 6.61 Å². The van der Waals surface area contributed by atoms with E-state index >= 15 is 0 Å². The average molecular weight is 335 g/mol. The van der Waals surface area contributed by atoms with Crippen molar-refractivity contribution in [2.45, 2.75) is 6.61 Å². The first-order chi connectivity index (χ1) is 12.1. The third-order valence-electron chi connectivity index (χ3n) is 3.41. The van der Waals surface area contributed by atoms with Gasteiger partial charge in [0.2, 0.25) is 0 Å². The van der Waals surface area contributed by atoms with Gasteiger partial charge in [-0.2, -0.15) is 0 Å². The third kappa shape index (κ3) is 4.03. The fraction of sp³-hybridized carbons (Fsp3) is 0.105. The van der Waals surface area contributed by atoms with Crippen LogP contribution in [0.15, 0.2) is 48.5 Å². The molecule has 0 bridgehead atoms. The molecular weight excluding hydrogens is 322 g/mol. The molecule has 6 nitrogen and oxygen atoms in total. The number of fused-ring (bicyclic) bond motifs is 1. The Balaban J connectivity index is 1.50. The summed E-state index contributed by atoms with van der Waals surface area (Å²) in [6.07, 6.45) is -0.568. The van der Waals surface area contributed by atoms with Crippen molar-refractivity contribution >= 4 is 18.0 Å². The summed E-state index contributed by atoms with van der Waals surface area (Å²) in [5, 5.41) is 2.51. The zero-order valence-corrected chi connectivity index (χ0v) is 13.1. The van der Waals surface area contributed by atoms with Crippen LogP contribution in [0.25, 0.3) is 0 Å². The molecule has 0 aromatic heterocycles. The summed E-state index contributed by atoms with van der Waals surface area (Å²) in [4.78, 5) is 34.4. The number of amides is 1. The topological polar surface area (TPSA) is 81.7 Å². The zero-order chi connectivity index (χ0) is 17.6. The molecule has 6 heteroatoms. The fourth-order valence-electron chi connectivity index (χ4n) is 2.20. The number of esters is 2. The Morgan fingerprint density at radius 3 is 2.60 bits per heavy atom. The second-order valence-electron chi connectivity index (χ2n) is 5.15. The van der Waals surface area contributed by atoms with Crippen molar-refractivity contribution in [1.82, 2.24) is 5.32 Å². The first-order valence-electron chi connectivity index (χ1n) is 7.47. The van der Waals surface area contributed by atoms with Crippen molar-refractivity contribution in [3.8, 4) is 11.8 Å². The molecule has 2 aromatic rings. The fourth-order valence-corrected chi connectivity index (χ4v) is 2.20. The number of ether oxygens (including phenoxy) is 2. The Hall–Kier alpha value is -3.59. The summed E-state index contributed by atoms with van der Waals surface area (Å²) in [7, 11) is 0. The quantitative estimate of drug-likeness (QED) is 0.529. The van der Waals surface area contributed by atoms with E-state index in [0.29, 0.717) is 5.56 Å². The van der Waals surface area contributed by atoms with E-state index in [1.807, 2.05) is 30.3 Å². The van der Waals surface area contributed by atoms with Crippen LogP contribution in [0, 0.1) is 11.8 Å². The van der Waals surface area contributed by atoms with E-state index in [1.54, 1.807) is 6.07 Å². The molecule has 1 aliphatic heterocycles. The minimum absolute atomic E-state index is 0.0914. The molecule has 1 N–H and O–H groups in total. The highest BCUT2D eigenvalue weighted by Gasteiger charge is 2.29. The Morgan fingerprint density at radius 1 is 1.04 bits per heavy atom. The Kier molecular flexibility index (Phi) is 4.77. The van der Waals surface area contributed by atoms with Crippen molar-refractivity contribution in [2.24, 2.45) is 0 Å². The van der Waals surface area contributed by atoms with Crippen LogP contribution in [-0.4, -0.2) is 24.6 Å². The normalized spacial score (nSPS) is 11.8. The first-order valence-corrected chi connectivity index (χ1v) is 7.47. The van der Waals surface area contributed by atoms with Gasteiger partial charge in [0.05, 0.1) is 17.7 Å². The molecule has 0 radical (unpaired) electrons. The van der Waals surface area contributed by atoms with Crippen LogP contribution in [0.4, 0.5) is 4.79 Å². The van der Waals surface area contributed by atoms with Crippen molar-refractivity contribution in [3.05, 3.63) is 70.8 Å². The van der Waals surface area contributed by atoms with E-state index in [1.165, 1.54) is 12.1 Å². The number of carbonyl (C=O) groups is 3. The summed E-state index contributed by atoms with van der Waals surface area (Å²) in [6, 6.07) is 13.9. The van der Waals surface area contributed by atoms with Gasteiger partial charge in [-0.3, -0.25) is 0 Å². The van der Waals surface area contributed by atoms with E-state index in [9.17, 15) is 14.4 Å². The highest BCUT2D eigenvalue weighted by atomic mass is 16.6. The smallest absolute Gasteiger partial charge is 0.408 e. The lowest BCUT2D eigenvalue weighted by molar-refractivity contribution is 0.0443. The molecule has 0 atom stereocenters. The van der Waals surface area contributed by atoms with Crippen LogP contribution in [0.1, 0.15) is 31.8 Å². The average Bonchev–Trinajstić information content (AvgIpc) is 2.91. The number of hydrogen-bond acceptors (Lipinski definition) is 5. The second-order valence-corrected chi connectivity index (χ2v) is 5.15. The molecule has 3 rings (SSSR count). The molecular formula is C19H13NO5. The highest BCUT2D eigenvalue weighted by molar-refractivity contribution is 6.14. The van der Waals surface area contributed by atoms with E-state index in [4.69, 9.17) is 4.74 Å². The third-order valence-corrected chi connectivity index (χ3v) is 3.41. The van der Waals surface area contributed by atoms with Gasteiger partial charge in [-0.05, 0) is 23.8 Å². The lowest BCUT2D eigenvalue weighted by Gasteiger charge is -2.04. The molecule has 0 aliphatic carbocycles. The SMILES string of the molecule is O=C(NCC#Cc1ccc2c(c1)C(=O)OC2=O)OCc1ccccc1. The molecule has 0 saturated carbocycles. The Bertz CT molecular complexity index is 893. The van der Waals surface area contributed by atoms with Gasteiger partial charge in [-0.15, -0.1) is 0 Å². The number of rotatable bonds is 3. The first kappa shape index (κ1) is 16.3. The molecule has 1 heterocycles. The number of cyclic esters (lactones) is 2. The van der Waals surface area contributed by atoms with Crippen LogP contribution < -0.4 is 5.32 Å². The lowest BCUT2D eigenvalue weighted by atomic mass is 10.1. The molecule has 124 valence electrons. The minimum atomic E-state index is -0.675. The molecule has 1 aliphatic rings. The van der Waals surface area contributed by atoms with Gasteiger partial charge < -0.3 is 14.8 Å². The largest absolute Gasteiger partial charge is 0.445 e. The monoisotopic (exact) mass is 335 g/mol. The number of hydrogen-bond donors (Lipinski definition) is 1. The number of alkyl carbamates (subject to hydrolysis) is 1. The molecule has 0 unspecified atom stereocenters. The van der Waals surface area contributed by atoms with Crippen LogP contribution in [0.2, 0.25) is 0 Å². The molecule has 0 spiro atoms. The van der Waals surface area contributed by atoms with Crippen LogP contribution in [-0.2, 0) is 16.1 Å². The maximum Gasteiger partial charge on any atom is 0.408 e. The summed E-state index contributed by atoms with van der Waals surface area (Å²) in [5.74, 6) is 4.22. The van der Waals surface area contributed by atoms with Crippen molar-refractivity contribution in [2.75, 3.05) is 6.54 Å². The summed E-state index contributed by atoms with van der Waals surface area (Å²) < 4.78 is 9.56. The predicted octanol–water partition coefficient (Wildman–Crippen LogP) is 2.28. The number of nitrogens with one attached hydrogen (secondary N) is 1. The van der Waals surface area contributed by atoms with E-state index in [2.05, 4.69) is 21.9 Å². The Morgan fingerprint density at radius 2 is 1.80 bits per heavy atom. The van der Waals surface area contributed by atoms with E-state index in [-0.39, 0.29) is 24.3 Å². The summed E-state index contributed by atoms with van der Waals surface area (Å²) >= 11 is 0. The maximum atomic E-state index is 11.6. The summed E-state index contributed by atoms with van der Waals surface area (Å²) in [5.41, 5.74) is 1.87. The van der Waals surface area contributed by atoms with Crippen molar-refractivity contribution in [1.29, 1.82) is 0 Å². The van der Waals surface area contributed by atoms with E-state index in [0.717, 1.165) is 5.56 Å². The molecule has 0 fully saturated rings. The van der Waals surface area contributed by atoms with Crippen molar-refractivity contribution < 1.29 is 23.9 Å². The summed E-state index contributed by atoms with van der Waals surface area (Å²) in [6.45, 7) is 0.273. The maximum absolute atomic E-state index is 11.6. The zero-order valence-electron chi connectivity index (χ0n) is 13.1. The van der Waals surface area contributed by atoms with Gasteiger partial charge in [-0.1, -0.05) is 42.2 Å². The van der Waals surface area contributed by atoms with Gasteiger partial charge >= 0.3 is 18.0 Å². The van der Waals surface area contributed by atoms with Gasteiger partial charge in [0.15, 0.2) is 0 Å². The molecule has 0 saturated heterocycles. The number of benzene rings is 2. The molecule has 1 amide bonds. The second kappa shape index (κ2) is 7.32. The van der Waals surface area contributed by atoms with Gasteiger partial charge in [0.25, 0.3) is 0 Å². The number of carbonyl (C=O) groups excluding carboxylic acids is 3. The molecule has 2 aromatic carbocycles. The van der Waals surface area contributed by atoms with Gasteiger partial charge in [-0.25, -0.2) is 14.4 Å². The van der Waals surface area contributed by atoms with Crippen molar-refractivity contribution in [3.63, 3.8) is 0 Å². The van der Waals surface area contributed by atoms with Crippen LogP contribution in [0.5, 0.6) is 0 Å². The molecule has 25 heavy (non-hydrogen) atoms. The van der Waals surface area contributed by atoms with Crippen LogP contribution >= 0.6 is 0 Å². The van der Waals surface area contributed by atoms with E-state index < -0.39 is 18.0 Å². The minimum Gasteiger partial charge on any atom is -0.445 e. The van der Waals surface area contributed by atoms with Gasteiger partial charge in [0, 0.05) is 5.56 Å². The predicted molar refractivity (Wildman–Crippen MR) is 87.7 cm³/mol. The highest BCUT2D eigenvalue weighted by Crippen LogP contribution is 2.20. The Labute approximate surface area is 143 Å². The lowest BCUT2D eigenvalue weighted by Crippen LogP contribution is -2.24. The standard InChI is InChI=1S/C19H13NO5/c21-17-15-9-8-13(11-16(15)18(22)25-17)7-4-10-20-19(23)24-12-14-5-2-1-3-6-14/h1-3,5-6,8-9,11H,10,12H2,(H,20,23). The van der Waals surface area contributed by atoms with Crippen LogP contribution in [0.3, 0.4) is 0 Å².